The molecule has 5 heteroatoms. The van der Waals surface area contributed by atoms with E-state index in [-0.39, 0.29) is 24.3 Å². The first-order valence-corrected chi connectivity index (χ1v) is 7.39. The van der Waals surface area contributed by atoms with E-state index in [4.69, 9.17) is 11.6 Å². The number of anilines is 1. The maximum atomic E-state index is 13.4. The van der Waals surface area contributed by atoms with Crippen molar-refractivity contribution in [3.05, 3.63) is 64.4 Å². The lowest BCUT2D eigenvalue weighted by molar-refractivity contribution is -0.115. The molecular formula is C17H18ClFN2O. The number of carbonyl (C=O) groups is 1. The Bertz CT molecular complexity index is 675. The second-order valence-corrected chi connectivity index (χ2v) is 5.54. The Balaban J connectivity index is 1.90. The fourth-order valence-electron chi connectivity index (χ4n) is 2.06. The first-order chi connectivity index (χ1) is 10.5. The van der Waals surface area contributed by atoms with Crippen molar-refractivity contribution in [2.24, 2.45) is 0 Å². The van der Waals surface area contributed by atoms with E-state index >= 15 is 0 Å². The highest BCUT2D eigenvalue weighted by molar-refractivity contribution is 6.31. The van der Waals surface area contributed by atoms with Crippen LogP contribution in [0.25, 0.3) is 0 Å². The van der Waals surface area contributed by atoms with Gasteiger partial charge in [-0.15, -0.1) is 0 Å². The van der Waals surface area contributed by atoms with E-state index in [1.165, 1.54) is 6.07 Å². The van der Waals surface area contributed by atoms with Gasteiger partial charge in [-0.05, 0) is 43.2 Å². The fourth-order valence-corrected chi connectivity index (χ4v) is 2.36. The predicted molar refractivity (Wildman–Crippen MR) is 87.6 cm³/mol. The standard InChI is InChI=1S/C17H18ClFN2O/c1-11-7-8-13(9-16(11)19)21-17(22)10-20-12(2)14-5-3-4-6-15(14)18/h3-9,12,20H,10H2,1-2H3,(H,21,22)/t12-/m1/s1. The monoisotopic (exact) mass is 320 g/mol. The van der Waals surface area contributed by atoms with Crippen molar-refractivity contribution in [2.45, 2.75) is 19.9 Å². The molecule has 0 heterocycles. The molecule has 2 aromatic carbocycles. The zero-order valence-electron chi connectivity index (χ0n) is 12.5. The molecule has 0 saturated heterocycles. The Morgan fingerprint density at radius 1 is 1.27 bits per heavy atom. The van der Waals surface area contributed by atoms with Crippen LogP contribution < -0.4 is 10.6 Å². The molecule has 0 aliphatic rings. The van der Waals surface area contributed by atoms with Crippen LogP contribution in [0.15, 0.2) is 42.5 Å². The summed E-state index contributed by atoms with van der Waals surface area (Å²) in [6.45, 7) is 3.72. The summed E-state index contributed by atoms with van der Waals surface area (Å²) in [7, 11) is 0. The third-order valence-electron chi connectivity index (χ3n) is 3.40. The Kier molecular flexibility index (Phi) is 5.52. The molecule has 0 radical (unpaired) electrons. The molecule has 0 aliphatic heterocycles. The largest absolute Gasteiger partial charge is 0.325 e. The molecule has 0 aliphatic carbocycles. The maximum Gasteiger partial charge on any atom is 0.238 e. The van der Waals surface area contributed by atoms with E-state index in [9.17, 15) is 9.18 Å². The lowest BCUT2D eigenvalue weighted by atomic mass is 10.1. The van der Waals surface area contributed by atoms with Gasteiger partial charge >= 0.3 is 0 Å². The van der Waals surface area contributed by atoms with E-state index in [0.717, 1.165) is 5.56 Å². The average Bonchev–Trinajstić information content (AvgIpc) is 2.49. The molecular weight excluding hydrogens is 303 g/mol. The second kappa shape index (κ2) is 7.38. The summed E-state index contributed by atoms with van der Waals surface area (Å²) in [6.07, 6.45) is 0. The van der Waals surface area contributed by atoms with E-state index in [1.54, 1.807) is 19.1 Å². The van der Waals surface area contributed by atoms with Crippen LogP contribution in [0, 0.1) is 12.7 Å². The van der Waals surface area contributed by atoms with Crippen LogP contribution in [-0.4, -0.2) is 12.5 Å². The highest BCUT2D eigenvalue weighted by atomic mass is 35.5. The highest BCUT2D eigenvalue weighted by Crippen LogP contribution is 2.21. The van der Waals surface area contributed by atoms with Gasteiger partial charge in [0.2, 0.25) is 5.91 Å². The Morgan fingerprint density at radius 2 is 2.00 bits per heavy atom. The Morgan fingerprint density at radius 3 is 2.68 bits per heavy atom. The van der Waals surface area contributed by atoms with Gasteiger partial charge in [0.25, 0.3) is 0 Å². The number of carbonyl (C=O) groups excluding carboxylic acids is 1. The summed E-state index contributed by atoms with van der Waals surface area (Å²) >= 11 is 6.11. The minimum atomic E-state index is -0.338. The van der Waals surface area contributed by atoms with Crippen molar-refractivity contribution >= 4 is 23.2 Å². The van der Waals surface area contributed by atoms with E-state index in [0.29, 0.717) is 16.3 Å². The lowest BCUT2D eigenvalue weighted by Crippen LogP contribution is -2.30. The number of halogens is 2. The van der Waals surface area contributed by atoms with Gasteiger partial charge in [-0.2, -0.15) is 0 Å². The average molecular weight is 321 g/mol. The van der Waals surface area contributed by atoms with Crippen LogP contribution in [0.5, 0.6) is 0 Å². The van der Waals surface area contributed by atoms with Crippen LogP contribution in [0.4, 0.5) is 10.1 Å². The molecule has 0 spiro atoms. The number of hydrogen-bond donors (Lipinski definition) is 2. The summed E-state index contributed by atoms with van der Waals surface area (Å²) in [4.78, 5) is 11.9. The van der Waals surface area contributed by atoms with Gasteiger partial charge in [0.15, 0.2) is 0 Å². The van der Waals surface area contributed by atoms with E-state index in [2.05, 4.69) is 10.6 Å². The van der Waals surface area contributed by atoms with Crippen LogP contribution in [0.2, 0.25) is 5.02 Å². The van der Waals surface area contributed by atoms with Gasteiger partial charge in [-0.25, -0.2) is 4.39 Å². The molecule has 3 nitrogen and oxygen atoms in total. The van der Waals surface area contributed by atoms with Gasteiger partial charge in [0, 0.05) is 16.8 Å². The number of nitrogens with one attached hydrogen (secondary N) is 2. The Labute approximate surface area is 134 Å². The third-order valence-corrected chi connectivity index (χ3v) is 3.74. The first kappa shape index (κ1) is 16.5. The second-order valence-electron chi connectivity index (χ2n) is 5.14. The summed E-state index contributed by atoms with van der Waals surface area (Å²) in [5.74, 6) is -0.572. The summed E-state index contributed by atoms with van der Waals surface area (Å²) in [6, 6.07) is 12.0. The van der Waals surface area contributed by atoms with Gasteiger partial charge in [0.05, 0.1) is 6.54 Å². The zero-order valence-corrected chi connectivity index (χ0v) is 13.2. The summed E-state index contributed by atoms with van der Waals surface area (Å²) < 4.78 is 13.4. The van der Waals surface area contributed by atoms with Crippen LogP contribution in [0.1, 0.15) is 24.1 Å². The van der Waals surface area contributed by atoms with Crippen molar-refractivity contribution in [3.8, 4) is 0 Å². The van der Waals surface area contributed by atoms with Crippen LogP contribution in [0.3, 0.4) is 0 Å². The van der Waals surface area contributed by atoms with Gasteiger partial charge in [-0.3, -0.25) is 4.79 Å². The fraction of sp³-hybridized carbons (Fsp3) is 0.235. The molecule has 1 atom stereocenters. The zero-order chi connectivity index (χ0) is 16.1. The number of rotatable bonds is 5. The van der Waals surface area contributed by atoms with Crippen LogP contribution >= 0.6 is 11.6 Å². The van der Waals surface area contributed by atoms with Crippen molar-refractivity contribution < 1.29 is 9.18 Å². The molecule has 0 aromatic heterocycles. The van der Waals surface area contributed by atoms with Gasteiger partial charge in [0.1, 0.15) is 5.82 Å². The van der Waals surface area contributed by atoms with Crippen LogP contribution in [-0.2, 0) is 4.79 Å². The molecule has 116 valence electrons. The van der Waals surface area contributed by atoms with Crippen molar-refractivity contribution in [3.63, 3.8) is 0 Å². The van der Waals surface area contributed by atoms with E-state index in [1.807, 2.05) is 31.2 Å². The molecule has 0 bridgehead atoms. The molecule has 22 heavy (non-hydrogen) atoms. The van der Waals surface area contributed by atoms with Crippen molar-refractivity contribution in [1.29, 1.82) is 0 Å². The molecule has 2 aromatic rings. The quantitative estimate of drug-likeness (QED) is 0.871. The summed E-state index contributed by atoms with van der Waals surface area (Å²) in [5.41, 5.74) is 1.92. The van der Waals surface area contributed by atoms with Crippen molar-refractivity contribution in [1.82, 2.24) is 5.32 Å². The summed E-state index contributed by atoms with van der Waals surface area (Å²) in [5, 5.41) is 6.41. The maximum absolute atomic E-state index is 13.4. The van der Waals surface area contributed by atoms with Gasteiger partial charge in [-0.1, -0.05) is 35.9 Å². The topological polar surface area (TPSA) is 41.1 Å². The predicted octanol–water partition coefficient (Wildman–Crippen LogP) is 4.08. The molecule has 2 N–H and O–H groups in total. The Hall–Kier alpha value is -1.91. The third kappa shape index (κ3) is 4.29. The molecule has 0 unspecified atom stereocenters. The molecule has 2 rings (SSSR count). The number of amides is 1. The number of aryl methyl sites for hydroxylation is 1. The minimum Gasteiger partial charge on any atom is -0.325 e. The first-order valence-electron chi connectivity index (χ1n) is 7.01. The lowest BCUT2D eigenvalue weighted by Gasteiger charge is -2.15. The highest BCUT2D eigenvalue weighted by Gasteiger charge is 2.11. The van der Waals surface area contributed by atoms with Crippen molar-refractivity contribution in [2.75, 3.05) is 11.9 Å². The molecule has 0 fully saturated rings. The SMILES string of the molecule is Cc1ccc(NC(=O)CN[C@H](C)c2ccccc2Cl)cc1F. The van der Waals surface area contributed by atoms with Gasteiger partial charge < -0.3 is 10.6 Å². The van der Waals surface area contributed by atoms with E-state index < -0.39 is 0 Å². The smallest absolute Gasteiger partial charge is 0.238 e. The minimum absolute atomic E-state index is 0.0609. The number of benzene rings is 2. The normalized spacial score (nSPS) is 12.0. The molecule has 0 saturated carbocycles. The molecule has 1 amide bonds. The number of hydrogen-bond acceptors (Lipinski definition) is 2.